The van der Waals surface area contributed by atoms with Gasteiger partial charge in [-0.05, 0) is 42.8 Å². The van der Waals surface area contributed by atoms with Crippen molar-refractivity contribution in [1.82, 2.24) is 19.4 Å². The van der Waals surface area contributed by atoms with Crippen molar-refractivity contribution < 1.29 is 9.59 Å². The molecule has 34 heavy (non-hydrogen) atoms. The third-order valence-electron chi connectivity index (χ3n) is 6.44. The number of aromatic nitrogens is 2. The number of nitrogens with one attached hydrogen (secondary N) is 1. The molecule has 1 N–H and O–H groups in total. The first-order valence-electron chi connectivity index (χ1n) is 11.5. The van der Waals surface area contributed by atoms with Gasteiger partial charge in [-0.3, -0.25) is 14.4 Å². The maximum absolute atomic E-state index is 12.8. The molecule has 1 aliphatic heterocycles. The van der Waals surface area contributed by atoms with Crippen LogP contribution in [-0.2, 0) is 11.3 Å². The van der Waals surface area contributed by atoms with Crippen LogP contribution in [0.1, 0.15) is 22.8 Å². The monoisotopic (exact) mass is 454 g/mol. The zero-order chi connectivity index (χ0) is 23.7. The van der Waals surface area contributed by atoms with E-state index in [0.717, 1.165) is 12.1 Å². The Balaban J connectivity index is 1.27. The molecule has 0 radical (unpaired) electrons. The number of benzene rings is 2. The molecule has 0 spiro atoms. The van der Waals surface area contributed by atoms with Gasteiger partial charge in [0.05, 0.1) is 5.56 Å². The van der Waals surface area contributed by atoms with Crippen molar-refractivity contribution >= 4 is 39.7 Å². The van der Waals surface area contributed by atoms with Crippen LogP contribution in [0.5, 0.6) is 0 Å². The van der Waals surface area contributed by atoms with E-state index in [4.69, 9.17) is 0 Å². The molecule has 172 valence electrons. The third kappa shape index (κ3) is 4.01. The van der Waals surface area contributed by atoms with Crippen LogP contribution in [0.3, 0.4) is 0 Å². The predicted molar refractivity (Wildman–Crippen MR) is 134 cm³/mol. The number of aromatic amines is 1. The van der Waals surface area contributed by atoms with E-state index in [1.807, 2.05) is 12.1 Å². The molecule has 0 atom stereocenters. The maximum Gasteiger partial charge on any atom is 0.255 e. The zero-order valence-electron chi connectivity index (χ0n) is 19.0. The number of H-pyrrole nitrogens is 1. The van der Waals surface area contributed by atoms with E-state index in [1.165, 1.54) is 40.1 Å². The smallest absolute Gasteiger partial charge is 0.255 e. The van der Waals surface area contributed by atoms with Crippen LogP contribution in [0.4, 0.5) is 0 Å². The van der Waals surface area contributed by atoms with Crippen LogP contribution in [0.15, 0.2) is 71.7 Å². The van der Waals surface area contributed by atoms with E-state index < -0.39 is 0 Å². The summed E-state index contributed by atoms with van der Waals surface area (Å²) in [7, 11) is 0. The Bertz CT molecular complexity index is 1450. The second-order valence-electron chi connectivity index (χ2n) is 8.43. The fourth-order valence-electron chi connectivity index (χ4n) is 4.64. The number of rotatable bonds is 4. The lowest BCUT2D eigenvalue weighted by Crippen LogP contribution is -2.50. The summed E-state index contributed by atoms with van der Waals surface area (Å²) in [5, 5.41) is 2.39. The van der Waals surface area contributed by atoms with Crippen molar-refractivity contribution in [1.29, 1.82) is 0 Å². The van der Waals surface area contributed by atoms with Gasteiger partial charge < -0.3 is 19.4 Å². The molecule has 7 nitrogen and oxygen atoms in total. The van der Waals surface area contributed by atoms with Gasteiger partial charge >= 0.3 is 0 Å². The van der Waals surface area contributed by atoms with Crippen molar-refractivity contribution in [2.24, 2.45) is 0 Å². The van der Waals surface area contributed by atoms with E-state index in [9.17, 15) is 14.4 Å². The van der Waals surface area contributed by atoms with Crippen LogP contribution in [0, 0.1) is 0 Å². The normalized spacial score (nSPS) is 14.4. The van der Waals surface area contributed by atoms with Gasteiger partial charge in [-0.25, -0.2) is 0 Å². The van der Waals surface area contributed by atoms with Crippen molar-refractivity contribution in [3.63, 3.8) is 0 Å². The quantitative estimate of drug-likeness (QED) is 0.480. The van der Waals surface area contributed by atoms with Crippen molar-refractivity contribution in [3.8, 4) is 0 Å². The first-order chi connectivity index (χ1) is 16.5. The summed E-state index contributed by atoms with van der Waals surface area (Å²) in [5.41, 5.74) is 3.58. The van der Waals surface area contributed by atoms with Gasteiger partial charge in [-0.1, -0.05) is 24.3 Å². The molecule has 1 fully saturated rings. The molecule has 2 amide bonds. The molecule has 7 heteroatoms. The fraction of sp³-hybridized carbons (Fsp3) is 0.222. The van der Waals surface area contributed by atoms with Gasteiger partial charge in [0, 0.05) is 72.9 Å². The van der Waals surface area contributed by atoms with Crippen LogP contribution in [-0.4, -0.2) is 57.3 Å². The lowest BCUT2D eigenvalue weighted by molar-refractivity contribution is -0.127. The lowest BCUT2D eigenvalue weighted by Gasteiger charge is -2.34. The van der Waals surface area contributed by atoms with Gasteiger partial charge in [0.15, 0.2) is 0 Å². The van der Waals surface area contributed by atoms with Crippen LogP contribution in [0.25, 0.3) is 27.9 Å². The summed E-state index contributed by atoms with van der Waals surface area (Å²) in [4.78, 5) is 42.6. The molecule has 1 aliphatic rings. The first-order valence-corrected chi connectivity index (χ1v) is 11.5. The Morgan fingerprint density at radius 2 is 1.65 bits per heavy atom. The molecule has 2 aromatic carbocycles. The standard InChI is InChI=1S/C27H26N4O3/c1-2-31-23-6-4-3-5-21(23)22-17-19(7-10-24(22)31)8-12-26(33)29-13-15-30(16-14-29)27(34)20-9-11-25(32)28-18-20/h3-12,17-18H,2,13-16H2,1H3,(H,28,32)/b12-8+. The lowest BCUT2D eigenvalue weighted by atomic mass is 10.1. The number of pyridine rings is 1. The number of carbonyl (C=O) groups is 2. The molecule has 3 heterocycles. The Labute approximate surface area is 196 Å². The molecule has 1 saturated heterocycles. The Morgan fingerprint density at radius 3 is 2.38 bits per heavy atom. The second kappa shape index (κ2) is 9.02. The summed E-state index contributed by atoms with van der Waals surface area (Å²) < 4.78 is 2.30. The van der Waals surface area contributed by atoms with E-state index >= 15 is 0 Å². The van der Waals surface area contributed by atoms with Crippen molar-refractivity contribution in [2.45, 2.75) is 13.5 Å². The number of carbonyl (C=O) groups excluding carboxylic acids is 2. The molecule has 0 saturated carbocycles. The zero-order valence-corrected chi connectivity index (χ0v) is 19.0. The highest BCUT2D eigenvalue weighted by Gasteiger charge is 2.24. The van der Waals surface area contributed by atoms with Crippen LogP contribution < -0.4 is 5.56 Å². The number of piperazine rings is 1. The first kappa shape index (κ1) is 21.7. The summed E-state index contributed by atoms with van der Waals surface area (Å²) in [6.45, 7) is 4.91. The number of amides is 2. The molecule has 4 aromatic rings. The summed E-state index contributed by atoms with van der Waals surface area (Å²) in [6.07, 6.45) is 4.90. The molecule has 0 bridgehead atoms. The molecular weight excluding hydrogens is 428 g/mol. The number of aryl methyl sites for hydroxylation is 1. The molecular formula is C27H26N4O3. The Kier molecular flexibility index (Phi) is 5.76. The Hall–Kier alpha value is -4.13. The van der Waals surface area contributed by atoms with Crippen molar-refractivity contribution in [3.05, 3.63) is 88.4 Å². The number of fused-ring (bicyclic) bond motifs is 3. The molecule has 0 unspecified atom stereocenters. The predicted octanol–water partition coefficient (Wildman–Crippen LogP) is 3.50. The minimum Gasteiger partial charge on any atom is -0.341 e. The van der Waals surface area contributed by atoms with Gasteiger partial charge in [0.2, 0.25) is 11.5 Å². The Morgan fingerprint density at radius 1 is 0.912 bits per heavy atom. The van der Waals surface area contributed by atoms with Gasteiger partial charge in [0.1, 0.15) is 0 Å². The summed E-state index contributed by atoms with van der Waals surface area (Å²) in [6, 6.07) is 17.5. The molecule has 5 rings (SSSR count). The van der Waals surface area contributed by atoms with Gasteiger partial charge in [-0.15, -0.1) is 0 Å². The highest BCUT2D eigenvalue weighted by Crippen LogP contribution is 2.30. The van der Waals surface area contributed by atoms with Gasteiger partial charge in [0.25, 0.3) is 5.91 Å². The number of nitrogens with zero attached hydrogens (tertiary/aromatic N) is 3. The number of para-hydroxylation sites is 1. The van der Waals surface area contributed by atoms with Gasteiger partial charge in [-0.2, -0.15) is 0 Å². The molecule has 2 aromatic heterocycles. The SMILES string of the molecule is CCn1c2ccccc2c2cc(/C=C/C(=O)N3CCN(C(=O)c4ccc(=O)[nH]c4)CC3)ccc21. The number of hydrogen-bond donors (Lipinski definition) is 1. The van der Waals surface area contributed by atoms with E-state index in [0.29, 0.717) is 31.7 Å². The van der Waals surface area contributed by atoms with E-state index in [2.05, 4.69) is 52.9 Å². The van der Waals surface area contributed by atoms with E-state index in [1.54, 1.807) is 15.9 Å². The summed E-state index contributed by atoms with van der Waals surface area (Å²) in [5.74, 6) is -0.203. The largest absolute Gasteiger partial charge is 0.341 e. The fourth-order valence-corrected chi connectivity index (χ4v) is 4.64. The third-order valence-corrected chi connectivity index (χ3v) is 6.44. The highest BCUT2D eigenvalue weighted by atomic mass is 16.2. The van der Waals surface area contributed by atoms with Crippen molar-refractivity contribution in [2.75, 3.05) is 26.2 Å². The van der Waals surface area contributed by atoms with Crippen LogP contribution in [0.2, 0.25) is 0 Å². The highest BCUT2D eigenvalue weighted by molar-refractivity contribution is 6.08. The van der Waals surface area contributed by atoms with Crippen LogP contribution >= 0.6 is 0 Å². The average Bonchev–Trinajstić information content (AvgIpc) is 3.20. The molecule has 0 aliphatic carbocycles. The minimum absolute atomic E-state index is 0.0628. The average molecular weight is 455 g/mol. The number of hydrogen-bond acceptors (Lipinski definition) is 3. The second-order valence-corrected chi connectivity index (χ2v) is 8.43. The van der Waals surface area contributed by atoms with E-state index in [-0.39, 0.29) is 17.4 Å². The topological polar surface area (TPSA) is 78.4 Å². The maximum atomic E-state index is 12.8. The minimum atomic E-state index is -0.242. The summed E-state index contributed by atoms with van der Waals surface area (Å²) >= 11 is 0.